The van der Waals surface area contributed by atoms with E-state index in [2.05, 4.69) is 31.2 Å². The number of methoxy groups -OCH3 is 1. The minimum atomic E-state index is 0.196. The number of ether oxygens (including phenoxy) is 1. The van der Waals surface area contributed by atoms with Gasteiger partial charge in [0.2, 0.25) is 0 Å². The largest absolute Gasteiger partial charge is 0.496 e. The zero-order valence-electron chi connectivity index (χ0n) is 12.2. The molecule has 0 aliphatic rings. The van der Waals surface area contributed by atoms with Gasteiger partial charge >= 0.3 is 0 Å². The Balaban J connectivity index is 2.21. The molecule has 0 aromatic heterocycles. The number of para-hydroxylation sites is 1. The summed E-state index contributed by atoms with van der Waals surface area (Å²) in [6.45, 7) is 4.18. The molecule has 0 heterocycles. The summed E-state index contributed by atoms with van der Waals surface area (Å²) in [5, 5.41) is 0. The quantitative estimate of drug-likeness (QED) is 0.901. The first-order valence-corrected chi connectivity index (χ1v) is 7.57. The third-order valence-corrected chi connectivity index (χ3v) is 4.32. The molecule has 0 fully saturated rings. The van der Waals surface area contributed by atoms with Crippen LogP contribution in [-0.4, -0.2) is 13.2 Å². The summed E-state index contributed by atoms with van der Waals surface area (Å²) in [5.41, 5.74) is 8.42. The second kappa shape index (κ2) is 6.82. The molecule has 2 rings (SSSR count). The molecule has 0 aliphatic carbocycles. The molecule has 1 atom stereocenters. The molecular formula is C17H21NOS. The van der Waals surface area contributed by atoms with Gasteiger partial charge in [-0.1, -0.05) is 36.0 Å². The Labute approximate surface area is 125 Å². The highest BCUT2D eigenvalue weighted by molar-refractivity contribution is 7.99. The van der Waals surface area contributed by atoms with E-state index in [1.165, 1.54) is 16.0 Å². The zero-order chi connectivity index (χ0) is 14.5. The van der Waals surface area contributed by atoms with Crippen LogP contribution in [0.3, 0.4) is 0 Å². The molecule has 2 N–H and O–H groups in total. The maximum atomic E-state index is 5.85. The summed E-state index contributed by atoms with van der Waals surface area (Å²) >= 11 is 1.74. The van der Waals surface area contributed by atoms with Crippen LogP contribution in [0.4, 0.5) is 0 Å². The number of nitrogens with two attached hydrogens (primary N) is 1. The van der Waals surface area contributed by atoms with Gasteiger partial charge in [-0.05, 0) is 49.6 Å². The molecule has 0 aliphatic heterocycles. The molecular weight excluding hydrogens is 266 g/mol. The molecule has 0 saturated carbocycles. The molecule has 0 amide bonds. The molecule has 0 bridgehead atoms. The Morgan fingerprint density at radius 3 is 2.55 bits per heavy atom. The van der Waals surface area contributed by atoms with Crippen LogP contribution in [0.15, 0.2) is 52.3 Å². The topological polar surface area (TPSA) is 35.2 Å². The van der Waals surface area contributed by atoms with Crippen LogP contribution >= 0.6 is 11.8 Å². The molecule has 106 valence electrons. The van der Waals surface area contributed by atoms with Gasteiger partial charge in [-0.25, -0.2) is 0 Å². The van der Waals surface area contributed by atoms with Crippen LogP contribution in [0.25, 0.3) is 0 Å². The van der Waals surface area contributed by atoms with Crippen molar-refractivity contribution in [2.24, 2.45) is 5.73 Å². The Morgan fingerprint density at radius 1 is 1.15 bits per heavy atom. The van der Waals surface area contributed by atoms with Gasteiger partial charge in [0, 0.05) is 10.9 Å². The van der Waals surface area contributed by atoms with Gasteiger partial charge in [-0.3, -0.25) is 0 Å². The second-order valence-electron chi connectivity index (χ2n) is 5.03. The molecule has 2 nitrogen and oxygen atoms in total. The van der Waals surface area contributed by atoms with Crippen LogP contribution in [0.5, 0.6) is 5.75 Å². The van der Waals surface area contributed by atoms with Crippen molar-refractivity contribution in [2.75, 3.05) is 7.11 Å². The molecule has 2 aromatic carbocycles. The first kappa shape index (κ1) is 14.9. The number of hydrogen-bond acceptors (Lipinski definition) is 3. The van der Waals surface area contributed by atoms with Crippen molar-refractivity contribution < 1.29 is 4.74 Å². The fraction of sp³-hybridized carbons (Fsp3) is 0.294. The first-order chi connectivity index (χ1) is 9.60. The maximum Gasteiger partial charge on any atom is 0.132 e. The average molecular weight is 287 g/mol. The van der Waals surface area contributed by atoms with E-state index in [0.717, 1.165) is 17.1 Å². The number of rotatable bonds is 5. The number of hydrogen-bond donors (Lipinski definition) is 1. The lowest BCUT2D eigenvalue weighted by Crippen LogP contribution is -2.17. The van der Waals surface area contributed by atoms with Crippen molar-refractivity contribution in [3.05, 3.63) is 53.6 Å². The van der Waals surface area contributed by atoms with Crippen LogP contribution in [0.1, 0.15) is 18.1 Å². The summed E-state index contributed by atoms with van der Waals surface area (Å²) in [6.07, 6.45) is 0.917. The monoisotopic (exact) mass is 287 g/mol. The lowest BCUT2D eigenvalue weighted by Gasteiger charge is -2.12. The molecule has 0 spiro atoms. The van der Waals surface area contributed by atoms with Gasteiger partial charge in [-0.2, -0.15) is 0 Å². The highest BCUT2D eigenvalue weighted by Gasteiger charge is 2.07. The van der Waals surface area contributed by atoms with E-state index < -0.39 is 0 Å². The van der Waals surface area contributed by atoms with Gasteiger partial charge < -0.3 is 10.5 Å². The number of aryl methyl sites for hydroxylation is 1. The minimum absolute atomic E-state index is 0.196. The third kappa shape index (κ3) is 3.78. The first-order valence-electron chi connectivity index (χ1n) is 6.76. The van der Waals surface area contributed by atoms with Gasteiger partial charge in [0.15, 0.2) is 0 Å². The lowest BCUT2D eigenvalue weighted by molar-refractivity contribution is 0.405. The Kier molecular flexibility index (Phi) is 5.10. The van der Waals surface area contributed by atoms with E-state index in [4.69, 9.17) is 10.5 Å². The Hall–Kier alpha value is -1.45. The molecule has 0 saturated heterocycles. The highest BCUT2D eigenvalue weighted by atomic mass is 32.2. The van der Waals surface area contributed by atoms with Crippen molar-refractivity contribution in [2.45, 2.75) is 36.1 Å². The molecule has 0 radical (unpaired) electrons. The Bertz CT molecular complexity index is 581. The van der Waals surface area contributed by atoms with E-state index in [0.29, 0.717) is 0 Å². The summed E-state index contributed by atoms with van der Waals surface area (Å²) in [5.74, 6) is 0.913. The number of benzene rings is 2. The van der Waals surface area contributed by atoms with Gasteiger partial charge in [0.25, 0.3) is 0 Å². The maximum absolute atomic E-state index is 5.85. The molecule has 2 aromatic rings. The summed E-state index contributed by atoms with van der Waals surface area (Å²) < 4.78 is 5.40. The van der Waals surface area contributed by atoms with Crippen molar-refractivity contribution >= 4 is 11.8 Å². The SMILES string of the molecule is COc1ccccc1Sc1ccc(CC(C)N)cc1C. The van der Waals surface area contributed by atoms with Gasteiger partial charge in [0.05, 0.1) is 12.0 Å². The molecule has 3 heteroatoms. The normalized spacial score (nSPS) is 12.2. The minimum Gasteiger partial charge on any atom is -0.496 e. The fourth-order valence-electron chi connectivity index (χ4n) is 2.15. The van der Waals surface area contributed by atoms with E-state index in [-0.39, 0.29) is 6.04 Å². The molecule has 20 heavy (non-hydrogen) atoms. The van der Waals surface area contributed by atoms with Crippen molar-refractivity contribution in [3.63, 3.8) is 0 Å². The Morgan fingerprint density at radius 2 is 1.90 bits per heavy atom. The second-order valence-corrected chi connectivity index (χ2v) is 6.12. The van der Waals surface area contributed by atoms with Gasteiger partial charge in [-0.15, -0.1) is 0 Å². The smallest absolute Gasteiger partial charge is 0.132 e. The predicted octanol–water partition coefficient (Wildman–Crippen LogP) is 4.04. The van der Waals surface area contributed by atoms with E-state index in [1.54, 1.807) is 18.9 Å². The van der Waals surface area contributed by atoms with Gasteiger partial charge in [0.1, 0.15) is 5.75 Å². The van der Waals surface area contributed by atoms with Crippen LogP contribution in [0, 0.1) is 6.92 Å². The van der Waals surface area contributed by atoms with Crippen molar-refractivity contribution in [1.29, 1.82) is 0 Å². The summed E-state index contributed by atoms with van der Waals surface area (Å²) in [7, 11) is 1.71. The van der Waals surface area contributed by atoms with Crippen LogP contribution in [-0.2, 0) is 6.42 Å². The van der Waals surface area contributed by atoms with Crippen molar-refractivity contribution in [1.82, 2.24) is 0 Å². The predicted molar refractivity (Wildman–Crippen MR) is 85.6 cm³/mol. The summed E-state index contributed by atoms with van der Waals surface area (Å²) in [6, 6.07) is 14.8. The summed E-state index contributed by atoms with van der Waals surface area (Å²) in [4.78, 5) is 2.39. The lowest BCUT2D eigenvalue weighted by atomic mass is 10.1. The third-order valence-electron chi connectivity index (χ3n) is 3.09. The standard InChI is InChI=1S/C17H21NOS/c1-12-10-14(11-13(2)18)8-9-16(12)20-17-7-5-4-6-15(17)19-3/h4-10,13H,11,18H2,1-3H3. The van der Waals surface area contributed by atoms with Crippen LogP contribution < -0.4 is 10.5 Å². The van der Waals surface area contributed by atoms with Crippen LogP contribution in [0.2, 0.25) is 0 Å². The van der Waals surface area contributed by atoms with E-state index in [9.17, 15) is 0 Å². The highest BCUT2D eigenvalue weighted by Crippen LogP contribution is 2.36. The van der Waals surface area contributed by atoms with E-state index >= 15 is 0 Å². The molecule has 1 unspecified atom stereocenters. The van der Waals surface area contributed by atoms with E-state index in [1.807, 2.05) is 25.1 Å². The average Bonchev–Trinajstić information content (AvgIpc) is 2.42. The zero-order valence-corrected chi connectivity index (χ0v) is 13.0. The fourth-order valence-corrected chi connectivity index (χ4v) is 3.14. The van der Waals surface area contributed by atoms with Crippen molar-refractivity contribution in [3.8, 4) is 5.75 Å².